The highest BCUT2D eigenvalue weighted by molar-refractivity contribution is 7.13. The van der Waals surface area contributed by atoms with Crippen LogP contribution in [-0.4, -0.2) is 64.5 Å². The number of nitrogens with one attached hydrogen (secondary N) is 1. The number of rotatable bonds is 8. The Morgan fingerprint density at radius 1 is 1.06 bits per heavy atom. The van der Waals surface area contributed by atoms with Crippen molar-refractivity contribution in [2.45, 2.75) is 26.9 Å². The molecule has 0 saturated carbocycles. The highest BCUT2D eigenvalue weighted by Crippen LogP contribution is 2.19. The lowest BCUT2D eigenvalue weighted by Gasteiger charge is -2.34. The van der Waals surface area contributed by atoms with Crippen molar-refractivity contribution in [1.82, 2.24) is 20.0 Å². The summed E-state index contributed by atoms with van der Waals surface area (Å²) in [5.74, 6) is 0.366. The quantitative estimate of drug-likeness (QED) is 0.528. The Bertz CT molecular complexity index is 1140. The second-order valence-corrected chi connectivity index (χ2v) is 9.34. The van der Waals surface area contributed by atoms with Crippen LogP contribution < -0.4 is 10.1 Å². The summed E-state index contributed by atoms with van der Waals surface area (Å²) in [7, 11) is 0. The van der Waals surface area contributed by atoms with E-state index in [1.165, 1.54) is 11.3 Å². The zero-order valence-electron chi connectivity index (χ0n) is 19.5. The van der Waals surface area contributed by atoms with Crippen LogP contribution in [0.3, 0.4) is 0 Å². The summed E-state index contributed by atoms with van der Waals surface area (Å²) < 4.78 is 5.74. The molecule has 178 valence electrons. The Hall–Kier alpha value is -3.30. The first-order valence-electron chi connectivity index (χ1n) is 11.5. The maximum absolute atomic E-state index is 12.9. The van der Waals surface area contributed by atoms with Crippen molar-refractivity contribution in [2.75, 3.05) is 38.0 Å². The van der Waals surface area contributed by atoms with Crippen LogP contribution in [0.2, 0.25) is 0 Å². The van der Waals surface area contributed by atoms with E-state index in [0.29, 0.717) is 29.3 Å². The van der Waals surface area contributed by atoms with E-state index in [1.54, 1.807) is 24.3 Å². The Labute approximate surface area is 203 Å². The molecular formula is C25H29N5O3S. The molecule has 2 heterocycles. The van der Waals surface area contributed by atoms with Crippen molar-refractivity contribution in [3.63, 3.8) is 0 Å². The molecule has 0 unspecified atom stereocenters. The van der Waals surface area contributed by atoms with E-state index in [1.807, 2.05) is 36.1 Å². The number of anilines is 1. The lowest BCUT2D eigenvalue weighted by atomic mass is 10.1. The van der Waals surface area contributed by atoms with Crippen LogP contribution in [0.15, 0.2) is 48.5 Å². The van der Waals surface area contributed by atoms with Gasteiger partial charge in [0.1, 0.15) is 12.4 Å². The summed E-state index contributed by atoms with van der Waals surface area (Å²) in [6.07, 6.45) is 1.12. The van der Waals surface area contributed by atoms with Crippen molar-refractivity contribution in [3.05, 3.63) is 69.7 Å². The largest absolute Gasteiger partial charge is 0.486 e. The molecule has 2 amide bonds. The first-order valence-corrected chi connectivity index (χ1v) is 12.3. The Morgan fingerprint density at radius 3 is 2.62 bits per heavy atom. The Balaban J connectivity index is 1.33. The molecule has 1 saturated heterocycles. The maximum atomic E-state index is 12.9. The molecule has 1 fully saturated rings. The summed E-state index contributed by atoms with van der Waals surface area (Å²) in [5.41, 5.74) is 2.22. The third kappa shape index (κ3) is 6.18. The van der Waals surface area contributed by atoms with E-state index < -0.39 is 0 Å². The van der Waals surface area contributed by atoms with Crippen molar-refractivity contribution >= 4 is 28.8 Å². The minimum absolute atomic E-state index is 0.0150. The second-order valence-electron chi connectivity index (χ2n) is 8.27. The highest BCUT2D eigenvalue weighted by atomic mass is 32.1. The van der Waals surface area contributed by atoms with Gasteiger partial charge in [0.2, 0.25) is 5.01 Å². The van der Waals surface area contributed by atoms with Crippen molar-refractivity contribution in [3.8, 4) is 5.75 Å². The predicted octanol–water partition coefficient (Wildman–Crippen LogP) is 3.85. The van der Waals surface area contributed by atoms with E-state index in [9.17, 15) is 9.59 Å². The molecule has 0 bridgehead atoms. The molecule has 0 atom stereocenters. The standard InChI is InChI=1S/C25H29N5O3S/c1-3-10-29-11-13-30(14-12-29)25(32)19-7-5-8-20(16-19)26-23(31)24-28-27-22(34-24)17-33-21-9-4-6-18(2)15-21/h4-9,15-16H,3,10-14,17H2,1-2H3,(H,26,31). The highest BCUT2D eigenvalue weighted by Gasteiger charge is 2.22. The Morgan fingerprint density at radius 2 is 1.85 bits per heavy atom. The average molecular weight is 480 g/mol. The molecule has 1 N–H and O–H groups in total. The lowest BCUT2D eigenvalue weighted by molar-refractivity contribution is 0.0637. The Kier molecular flexibility index (Phi) is 7.87. The topological polar surface area (TPSA) is 87.7 Å². The number of piperazine rings is 1. The van der Waals surface area contributed by atoms with E-state index in [4.69, 9.17) is 4.74 Å². The van der Waals surface area contributed by atoms with Crippen LogP contribution in [0, 0.1) is 6.92 Å². The molecule has 9 heteroatoms. The fourth-order valence-corrected chi connectivity index (χ4v) is 4.49. The van der Waals surface area contributed by atoms with Gasteiger partial charge in [-0.1, -0.05) is 36.5 Å². The minimum Gasteiger partial charge on any atom is -0.486 e. The van der Waals surface area contributed by atoms with Gasteiger partial charge in [0, 0.05) is 37.4 Å². The third-order valence-electron chi connectivity index (χ3n) is 5.58. The molecule has 8 nitrogen and oxygen atoms in total. The molecule has 0 radical (unpaired) electrons. The zero-order valence-corrected chi connectivity index (χ0v) is 20.3. The van der Waals surface area contributed by atoms with Crippen LogP contribution in [0.4, 0.5) is 5.69 Å². The molecule has 1 aliphatic rings. The van der Waals surface area contributed by atoms with Gasteiger partial charge < -0.3 is 15.0 Å². The normalized spacial score (nSPS) is 14.1. The van der Waals surface area contributed by atoms with Gasteiger partial charge in [-0.25, -0.2) is 0 Å². The first-order chi connectivity index (χ1) is 16.5. The fraction of sp³-hybridized carbons (Fsp3) is 0.360. The van der Waals surface area contributed by atoms with Crippen LogP contribution >= 0.6 is 11.3 Å². The third-order valence-corrected chi connectivity index (χ3v) is 6.48. The lowest BCUT2D eigenvalue weighted by Crippen LogP contribution is -2.48. The molecule has 1 aromatic heterocycles. The summed E-state index contributed by atoms with van der Waals surface area (Å²) in [6.45, 7) is 8.68. The molecular weight excluding hydrogens is 450 g/mol. The van der Waals surface area contributed by atoms with E-state index in [-0.39, 0.29) is 23.4 Å². The number of benzene rings is 2. The van der Waals surface area contributed by atoms with Crippen LogP contribution in [0.1, 0.15) is 44.1 Å². The smallest absolute Gasteiger partial charge is 0.286 e. The van der Waals surface area contributed by atoms with E-state index in [2.05, 4.69) is 27.3 Å². The van der Waals surface area contributed by atoms with E-state index in [0.717, 1.165) is 37.4 Å². The number of nitrogens with zero attached hydrogens (tertiary/aromatic N) is 4. The summed E-state index contributed by atoms with van der Waals surface area (Å²) in [6, 6.07) is 14.8. The number of amides is 2. The van der Waals surface area contributed by atoms with Crippen molar-refractivity contribution in [2.24, 2.45) is 0 Å². The van der Waals surface area contributed by atoms with Crippen molar-refractivity contribution in [1.29, 1.82) is 0 Å². The van der Waals surface area contributed by atoms with E-state index >= 15 is 0 Å². The molecule has 34 heavy (non-hydrogen) atoms. The predicted molar refractivity (Wildman–Crippen MR) is 132 cm³/mol. The summed E-state index contributed by atoms with van der Waals surface area (Å²) >= 11 is 1.18. The molecule has 2 aromatic carbocycles. The van der Waals surface area contributed by atoms with Gasteiger partial charge >= 0.3 is 0 Å². The van der Waals surface area contributed by atoms with Crippen LogP contribution in [-0.2, 0) is 6.61 Å². The summed E-state index contributed by atoms with van der Waals surface area (Å²) in [4.78, 5) is 29.9. The monoisotopic (exact) mass is 479 g/mol. The molecule has 0 aliphatic carbocycles. The van der Waals surface area contributed by atoms with Gasteiger partial charge in [0.15, 0.2) is 5.01 Å². The second kappa shape index (κ2) is 11.2. The molecule has 4 rings (SSSR count). The first kappa shape index (κ1) is 23.8. The number of ether oxygens (including phenoxy) is 1. The summed E-state index contributed by atoms with van der Waals surface area (Å²) in [5, 5.41) is 11.7. The van der Waals surface area contributed by atoms with Crippen molar-refractivity contribution < 1.29 is 14.3 Å². The number of aromatic nitrogens is 2. The SMILES string of the molecule is CCCN1CCN(C(=O)c2cccc(NC(=O)c3nnc(COc4cccc(C)c4)s3)c2)CC1. The van der Waals surface area contributed by atoms with Gasteiger partial charge in [-0.05, 0) is 55.8 Å². The number of hydrogen-bond donors (Lipinski definition) is 1. The fourth-order valence-electron chi connectivity index (χ4n) is 3.84. The molecule has 3 aromatic rings. The number of aryl methyl sites for hydroxylation is 1. The van der Waals surface area contributed by atoms with Crippen LogP contribution in [0.5, 0.6) is 5.75 Å². The van der Waals surface area contributed by atoms with Gasteiger partial charge in [0.25, 0.3) is 11.8 Å². The van der Waals surface area contributed by atoms with Gasteiger partial charge in [-0.15, -0.1) is 10.2 Å². The van der Waals surface area contributed by atoms with Gasteiger partial charge in [-0.2, -0.15) is 0 Å². The molecule has 1 aliphatic heterocycles. The average Bonchev–Trinajstić information content (AvgIpc) is 3.33. The number of carbonyl (C=O) groups excluding carboxylic acids is 2. The number of carbonyl (C=O) groups is 2. The van der Waals surface area contributed by atoms with Crippen LogP contribution in [0.25, 0.3) is 0 Å². The molecule has 0 spiro atoms. The van der Waals surface area contributed by atoms with Gasteiger partial charge in [-0.3, -0.25) is 14.5 Å². The minimum atomic E-state index is -0.364. The maximum Gasteiger partial charge on any atom is 0.286 e. The van der Waals surface area contributed by atoms with Gasteiger partial charge in [0.05, 0.1) is 0 Å². The number of hydrogen-bond acceptors (Lipinski definition) is 7. The zero-order chi connectivity index (χ0) is 23.9.